The number of likely N-dealkylation sites (tertiary alicyclic amines) is 1. The van der Waals surface area contributed by atoms with Crippen molar-refractivity contribution in [2.75, 3.05) is 13.1 Å². The third-order valence-corrected chi connectivity index (χ3v) is 5.08. The standard InChI is InChI=1S/C16H29N3O2/c1-11(18-14(20)12-6-4-5-7-12)15(21)19-9-8-13(17)16(2,3)10-19/h11-13H,4-10,17H2,1-3H3,(H,18,20). The zero-order chi connectivity index (χ0) is 15.6. The van der Waals surface area contributed by atoms with E-state index in [1.165, 1.54) is 0 Å². The molecule has 1 saturated heterocycles. The lowest BCUT2D eigenvalue weighted by Gasteiger charge is -2.43. The average molecular weight is 295 g/mol. The maximum absolute atomic E-state index is 12.5. The van der Waals surface area contributed by atoms with Gasteiger partial charge in [-0.1, -0.05) is 26.7 Å². The molecule has 0 spiro atoms. The molecular weight excluding hydrogens is 266 g/mol. The molecule has 120 valence electrons. The van der Waals surface area contributed by atoms with Crippen LogP contribution < -0.4 is 11.1 Å². The highest BCUT2D eigenvalue weighted by Gasteiger charge is 2.37. The third-order valence-electron chi connectivity index (χ3n) is 5.08. The molecule has 1 saturated carbocycles. The van der Waals surface area contributed by atoms with E-state index >= 15 is 0 Å². The summed E-state index contributed by atoms with van der Waals surface area (Å²) in [6.45, 7) is 7.33. The lowest BCUT2D eigenvalue weighted by atomic mass is 9.79. The second-order valence-corrected chi connectivity index (χ2v) is 7.36. The summed E-state index contributed by atoms with van der Waals surface area (Å²) in [6, 6.07) is -0.312. The number of hydrogen-bond acceptors (Lipinski definition) is 3. The highest BCUT2D eigenvalue weighted by atomic mass is 16.2. The van der Waals surface area contributed by atoms with Crippen molar-refractivity contribution in [3.63, 3.8) is 0 Å². The molecule has 1 aliphatic heterocycles. The first-order chi connectivity index (χ1) is 9.81. The molecule has 5 heteroatoms. The number of amides is 2. The average Bonchev–Trinajstić information content (AvgIpc) is 2.95. The fourth-order valence-electron chi connectivity index (χ4n) is 3.42. The Kier molecular flexibility index (Phi) is 4.91. The van der Waals surface area contributed by atoms with E-state index in [4.69, 9.17) is 5.73 Å². The summed E-state index contributed by atoms with van der Waals surface area (Å²) < 4.78 is 0. The Bertz CT molecular complexity index is 402. The Morgan fingerprint density at radius 1 is 1.24 bits per heavy atom. The van der Waals surface area contributed by atoms with Gasteiger partial charge in [0.05, 0.1) is 0 Å². The molecule has 3 N–H and O–H groups in total. The van der Waals surface area contributed by atoms with Crippen LogP contribution in [-0.4, -0.2) is 41.9 Å². The molecule has 0 aromatic carbocycles. The highest BCUT2D eigenvalue weighted by molar-refractivity contribution is 5.88. The smallest absolute Gasteiger partial charge is 0.244 e. The number of nitrogens with zero attached hydrogens (tertiary/aromatic N) is 1. The maximum atomic E-state index is 12.5. The normalized spacial score (nSPS) is 27.4. The Morgan fingerprint density at radius 3 is 2.43 bits per heavy atom. The summed E-state index contributed by atoms with van der Waals surface area (Å²) in [4.78, 5) is 26.5. The van der Waals surface area contributed by atoms with Crippen LogP contribution in [0.3, 0.4) is 0 Å². The monoisotopic (exact) mass is 295 g/mol. The van der Waals surface area contributed by atoms with Crippen LogP contribution in [0.25, 0.3) is 0 Å². The molecule has 21 heavy (non-hydrogen) atoms. The molecule has 2 rings (SSSR count). The lowest BCUT2D eigenvalue weighted by Crippen LogP contribution is -2.57. The number of rotatable bonds is 3. The molecule has 0 aromatic rings. The molecule has 2 unspecified atom stereocenters. The SMILES string of the molecule is CC(NC(=O)C1CCCC1)C(=O)N1CCC(N)C(C)(C)C1. The van der Waals surface area contributed by atoms with Crippen LogP contribution in [0, 0.1) is 11.3 Å². The minimum Gasteiger partial charge on any atom is -0.344 e. The van der Waals surface area contributed by atoms with E-state index in [2.05, 4.69) is 19.2 Å². The van der Waals surface area contributed by atoms with E-state index < -0.39 is 6.04 Å². The van der Waals surface area contributed by atoms with Crippen molar-refractivity contribution in [3.8, 4) is 0 Å². The Morgan fingerprint density at radius 2 is 1.86 bits per heavy atom. The number of carbonyl (C=O) groups excluding carboxylic acids is 2. The quantitative estimate of drug-likeness (QED) is 0.823. The summed E-state index contributed by atoms with van der Waals surface area (Å²) in [5.74, 6) is 0.161. The van der Waals surface area contributed by atoms with Crippen LogP contribution in [-0.2, 0) is 9.59 Å². The van der Waals surface area contributed by atoms with Crippen molar-refractivity contribution in [1.82, 2.24) is 10.2 Å². The van der Waals surface area contributed by atoms with Crippen molar-refractivity contribution < 1.29 is 9.59 Å². The van der Waals surface area contributed by atoms with Crippen LogP contribution in [0.5, 0.6) is 0 Å². The summed E-state index contributed by atoms with van der Waals surface area (Å²) in [5, 5.41) is 2.90. The van der Waals surface area contributed by atoms with E-state index in [0.29, 0.717) is 13.1 Å². The Hall–Kier alpha value is -1.10. The Balaban J connectivity index is 1.88. The van der Waals surface area contributed by atoms with Gasteiger partial charge in [-0.05, 0) is 31.6 Å². The summed E-state index contributed by atoms with van der Waals surface area (Å²) in [6.07, 6.45) is 4.98. The predicted molar refractivity (Wildman–Crippen MR) is 82.5 cm³/mol. The van der Waals surface area contributed by atoms with Gasteiger partial charge in [0.2, 0.25) is 11.8 Å². The summed E-state index contributed by atoms with van der Waals surface area (Å²) in [5.41, 5.74) is 6.04. The number of carbonyl (C=O) groups is 2. The third kappa shape index (κ3) is 3.76. The summed E-state index contributed by atoms with van der Waals surface area (Å²) >= 11 is 0. The molecule has 2 aliphatic rings. The topological polar surface area (TPSA) is 75.4 Å². The van der Waals surface area contributed by atoms with E-state index in [0.717, 1.165) is 32.1 Å². The van der Waals surface area contributed by atoms with Gasteiger partial charge < -0.3 is 16.0 Å². The van der Waals surface area contributed by atoms with Gasteiger partial charge >= 0.3 is 0 Å². The minimum atomic E-state index is -0.441. The molecule has 1 heterocycles. The molecule has 0 aromatic heterocycles. The zero-order valence-corrected chi connectivity index (χ0v) is 13.5. The van der Waals surface area contributed by atoms with Crippen molar-refractivity contribution in [2.24, 2.45) is 17.1 Å². The molecule has 2 amide bonds. The first-order valence-electron chi connectivity index (χ1n) is 8.16. The molecule has 0 bridgehead atoms. The fraction of sp³-hybridized carbons (Fsp3) is 0.875. The van der Waals surface area contributed by atoms with Crippen LogP contribution in [0.15, 0.2) is 0 Å². The molecular formula is C16H29N3O2. The second-order valence-electron chi connectivity index (χ2n) is 7.36. The number of hydrogen-bond donors (Lipinski definition) is 2. The van der Waals surface area contributed by atoms with Gasteiger partial charge in [-0.2, -0.15) is 0 Å². The minimum absolute atomic E-state index is 0.0151. The van der Waals surface area contributed by atoms with Gasteiger partial charge in [-0.25, -0.2) is 0 Å². The molecule has 2 fully saturated rings. The molecule has 0 radical (unpaired) electrons. The van der Waals surface area contributed by atoms with Gasteiger partial charge in [-0.3, -0.25) is 9.59 Å². The molecule has 5 nitrogen and oxygen atoms in total. The molecule has 1 aliphatic carbocycles. The van der Waals surface area contributed by atoms with E-state index in [1.807, 2.05) is 4.90 Å². The predicted octanol–water partition coefficient (Wildman–Crippen LogP) is 1.27. The van der Waals surface area contributed by atoms with E-state index in [9.17, 15) is 9.59 Å². The first kappa shape index (κ1) is 16.3. The lowest BCUT2D eigenvalue weighted by molar-refractivity contribution is -0.139. The summed E-state index contributed by atoms with van der Waals surface area (Å²) in [7, 11) is 0. The van der Waals surface area contributed by atoms with Gasteiger partial charge in [0.15, 0.2) is 0 Å². The maximum Gasteiger partial charge on any atom is 0.244 e. The Labute approximate surface area is 127 Å². The second kappa shape index (κ2) is 6.34. The number of piperidine rings is 1. The van der Waals surface area contributed by atoms with Gasteiger partial charge in [0, 0.05) is 25.0 Å². The van der Waals surface area contributed by atoms with Crippen molar-refractivity contribution in [1.29, 1.82) is 0 Å². The van der Waals surface area contributed by atoms with Crippen LogP contribution in [0.2, 0.25) is 0 Å². The highest BCUT2D eigenvalue weighted by Crippen LogP contribution is 2.28. The number of nitrogens with two attached hydrogens (primary N) is 1. The first-order valence-corrected chi connectivity index (χ1v) is 8.16. The van der Waals surface area contributed by atoms with Crippen molar-refractivity contribution >= 4 is 11.8 Å². The van der Waals surface area contributed by atoms with Gasteiger partial charge in [0.1, 0.15) is 6.04 Å². The van der Waals surface area contributed by atoms with Crippen LogP contribution in [0.1, 0.15) is 52.9 Å². The van der Waals surface area contributed by atoms with E-state index in [-0.39, 0.29) is 29.2 Å². The number of nitrogens with one attached hydrogen (secondary N) is 1. The zero-order valence-electron chi connectivity index (χ0n) is 13.5. The van der Waals surface area contributed by atoms with Gasteiger partial charge in [0.25, 0.3) is 0 Å². The molecule has 2 atom stereocenters. The van der Waals surface area contributed by atoms with Crippen LogP contribution >= 0.6 is 0 Å². The van der Waals surface area contributed by atoms with Crippen molar-refractivity contribution in [2.45, 2.75) is 65.0 Å². The van der Waals surface area contributed by atoms with E-state index in [1.54, 1.807) is 6.92 Å². The fourth-order valence-corrected chi connectivity index (χ4v) is 3.42. The van der Waals surface area contributed by atoms with Crippen molar-refractivity contribution in [3.05, 3.63) is 0 Å². The largest absolute Gasteiger partial charge is 0.344 e. The van der Waals surface area contributed by atoms with Gasteiger partial charge in [-0.15, -0.1) is 0 Å². The van der Waals surface area contributed by atoms with Crippen LogP contribution in [0.4, 0.5) is 0 Å².